The highest BCUT2D eigenvalue weighted by Gasteiger charge is 2.17. The number of nitriles is 1. The third kappa shape index (κ3) is 5.93. The highest BCUT2D eigenvalue weighted by molar-refractivity contribution is 6.00. The molecule has 1 amide bonds. The molecule has 0 aliphatic carbocycles. The molecule has 1 aromatic carbocycles. The number of nitrogens with one attached hydrogen (secondary N) is 1. The SMILES string of the molecule is COCCn1c(C)cc(C=C(C#N)C(=O)OCC(=O)Nc2nnc(-c3ccccc3)o2)c1C. The number of hydrogen-bond donors (Lipinski definition) is 1. The van der Waals surface area contributed by atoms with E-state index in [9.17, 15) is 14.9 Å². The lowest BCUT2D eigenvalue weighted by atomic mass is 10.1. The van der Waals surface area contributed by atoms with E-state index in [0.29, 0.717) is 24.3 Å². The van der Waals surface area contributed by atoms with Crippen LogP contribution in [0.1, 0.15) is 17.0 Å². The van der Waals surface area contributed by atoms with Gasteiger partial charge < -0.3 is 18.5 Å². The van der Waals surface area contributed by atoms with Gasteiger partial charge in [0.25, 0.3) is 5.91 Å². The summed E-state index contributed by atoms with van der Waals surface area (Å²) in [5.41, 5.74) is 3.03. The van der Waals surface area contributed by atoms with Crippen molar-refractivity contribution >= 4 is 24.0 Å². The van der Waals surface area contributed by atoms with Gasteiger partial charge in [-0.2, -0.15) is 5.26 Å². The van der Waals surface area contributed by atoms with Gasteiger partial charge in [0.05, 0.1) is 6.61 Å². The summed E-state index contributed by atoms with van der Waals surface area (Å²) in [6.07, 6.45) is 1.44. The van der Waals surface area contributed by atoms with E-state index < -0.39 is 18.5 Å². The van der Waals surface area contributed by atoms with E-state index in [0.717, 1.165) is 11.4 Å². The molecule has 170 valence electrons. The number of carbonyl (C=O) groups excluding carboxylic acids is 2. The number of rotatable bonds is 9. The zero-order chi connectivity index (χ0) is 23.8. The number of carbonyl (C=O) groups is 2. The topological polar surface area (TPSA) is 132 Å². The lowest BCUT2D eigenvalue weighted by Crippen LogP contribution is -2.21. The maximum Gasteiger partial charge on any atom is 0.349 e. The lowest BCUT2D eigenvalue weighted by Gasteiger charge is -2.08. The Kier molecular flexibility index (Phi) is 7.73. The predicted molar refractivity (Wildman–Crippen MR) is 119 cm³/mol. The number of anilines is 1. The minimum Gasteiger partial charge on any atom is -0.451 e. The quantitative estimate of drug-likeness (QED) is 0.300. The number of nitrogens with zero attached hydrogens (tertiary/aromatic N) is 4. The van der Waals surface area contributed by atoms with E-state index in [4.69, 9.17) is 13.9 Å². The molecule has 3 aromatic rings. The van der Waals surface area contributed by atoms with Crippen LogP contribution in [-0.4, -0.2) is 47.0 Å². The fourth-order valence-electron chi connectivity index (χ4n) is 3.13. The third-order valence-electron chi connectivity index (χ3n) is 4.80. The van der Waals surface area contributed by atoms with Gasteiger partial charge in [0.15, 0.2) is 6.61 Å². The lowest BCUT2D eigenvalue weighted by molar-refractivity contribution is -0.142. The standard InChI is InChI=1S/C23H23N5O5/c1-15-11-18(16(2)28(15)9-10-31-3)12-19(13-24)22(30)32-14-20(29)25-23-27-26-21(33-23)17-7-5-4-6-8-17/h4-8,11-12H,9-10,14H2,1-3H3,(H,25,27,29). The number of benzene rings is 1. The average molecular weight is 449 g/mol. The number of esters is 1. The summed E-state index contributed by atoms with van der Waals surface area (Å²) in [4.78, 5) is 24.4. The van der Waals surface area contributed by atoms with Crippen LogP contribution in [0.15, 0.2) is 46.4 Å². The normalized spacial score (nSPS) is 11.2. The van der Waals surface area contributed by atoms with Crippen LogP contribution < -0.4 is 5.32 Å². The number of aromatic nitrogens is 3. The molecular formula is C23H23N5O5. The highest BCUT2D eigenvalue weighted by Crippen LogP contribution is 2.20. The summed E-state index contributed by atoms with van der Waals surface area (Å²) in [5, 5.41) is 19.4. The van der Waals surface area contributed by atoms with Crippen LogP contribution >= 0.6 is 0 Å². The molecule has 0 spiro atoms. The van der Waals surface area contributed by atoms with Crippen LogP contribution in [0.5, 0.6) is 0 Å². The smallest absolute Gasteiger partial charge is 0.349 e. The van der Waals surface area contributed by atoms with E-state index in [-0.39, 0.29) is 17.5 Å². The zero-order valence-corrected chi connectivity index (χ0v) is 18.5. The molecule has 0 bridgehead atoms. The largest absolute Gasteiger partial charge is 0.451 e. The molecule has 0 aliphatic heterocycles. The van der Waals surface area contributed by atoms with Gasteiger partial charge in [-0.3, -0.25) is 10.1 Å². The molecule has 2 heterocycles. The maximum atomic E-state index is 12.3. The molecule has 0 saturated heterocycles. The molecule has 0 radical (unpaired) electrons. The maximum absolute atomic E-state index is 12.3. The Morgan fingerprint density at radius 1 is 1.24 bits per heavy atom. The van der Waals surface area contributed by atoms with Crippen molar-refractivity contribution in [2.24, 2.45) is 0 Å². The van der Waals surface area contributed by atoms with E-state index in [1.807, 2.05) is 48.7 Å². The molecular weight excluding hydrogens is 426 g/mol. The Bertz CT molecular complexity index is 1200. The van der Waals surface area contributed by atoms with Crippen molar-refractivity contribution < 1.29 is 23.5 Å². The second-order valence-corrected chi connectivity index (χ2v) is 7.04. The van der Waals surface area contributed by atoms with Gasteiger partial charge in [0, 0.05) is 30.6 Å². The number of aryl methyl sites for hydroxylation is 1. The summed E-state index contributed by atoms with van der Waals surface area (Å²) in [7, 11) is 1.62. The van der Waals surface area contributed by atoms with E-state index >= 15 is 0 Å². The summed E-state index contributed by atoms with van der Waals surface area (Å²) in [6.45, 7) is 4.38. The van der Waals surface area contributed by atoms with Gasteiger partial charge in [0.2, 0.25) is 5.89 Å². The first-order valence-corrected chi connectivity index (χ1v) is 10.1. The second kappa shape index (κ2) is 10.9. The minimum atomic E-state index is -0.912. The van der Waals surface area contributed by atoms with E-state index in [1.54, 1.807) is 19.2 Å². The van der Waals surface area contributed by atoms with E-state index in [2.05, 4.69) is 15.5 Å². The van der Waals surface area contributed by atoms with Gasteiger partial charge in [0.1, 0.15) is 11.6 Å². The van der Waals surface area contributed by atoms with Gasteiger partial charge >= 0.3 is 12.0 Å². The van der Waals surface area contributed by atoms with Gasteiger partial charge in [-0.15, -0.1) is 5.10 Å². The molecule has 3 rings (SSSR count). The Labute approximate surface area is 190 Å². The molecule has 2 aromatic heterocycles. The Morgan fingerprint density at radius 2 is 2.00 bits per heavy atom. The fraction of sp³-hybridized carbons (Fsp3) is 0.261. The first-order valence-electron chi connectivity index (χ1n) is 10.1. The number of amides is 1. The van der Waals surface area contributed by atoms with Gasteiger partial charge in [-0.1, -0.05) is 23.3 Å². The monoisotopic (exact) mass is 449 g/mol. The average Bonchev–Trinajstić information content (AvgIpc) is 3.39. The van der Waals surface area contributed by atoms with Crippen LogP contribution in [0.4, 0.5) is 6.01 Å². The first kappa shape index (κ1) is 23.4. The minimum absolute atomic E-state index is 0.130. The second-order valence-electron chi connectivity index (χ2n) is 7.04. The van der Waals surface area contributed by atoms with Crippen molar-refractivity contribution in [1.29, 1.82) is 5.26 Å². The van der Waals surface area contributed by atoms with Gasteiger partial charge in [-0.05, 0) is 43.7 Å². The van der Waals surface area contributed by atoms with Crippen LogP contribution in [-0.2, 0) is 25.6 Å². The molecule has 10 nitrogen and oxygen atoms in total. The number of methoxy groups -OCH3 is 1. The predicted octanol–water partition coefficient (Wildman–Crippen LogP) is 2.89. The molecule has 0 aliphatic rings. The van der Waals surface area contributed by atoms with Gasteiger partial charge in [-0.25, -0.2) is 4.79 Å². The Morgan fingerprint density at radius 3 is 2.70 bits per heavy atom. The number of hydrogen-bond acceptors (Lipinski definition) is 8. The van der Waals surface area contributed by atoms with Crippen LogP contribution in [0.3, 0.4) is 0 Å². The molecule has 0 unspecified atom stereocenters. The molecule has 10 heteroatoms. The summed E-state index contributed by atoms with van der Waals surface area (Å²) >= 11 is 0. The number of ether oxygens (including phenoxy) is 2. The fourth-order valence-corrected chi connectivity index (χ4v) is 3.13. The summed E-state index contributed by atoms with van der Waals surface area (Å²) in [5.74, 6) is -1.35. The summed E-state index contributed by atoms with van der Waals surface area (Å²) in [6, 6.07) is 12.6. The van der Waals surface area contributed by atoms with Crippen molar-refractivity contribution in [3.63, 3.8) is 0 Å². The Balaban J connectivity index is 1.60. The van der Waals surface area contributed by atoms with Crippen molar-refractivity contribution in [1.82, 2.24) is 14.8 Å². The zero-order valence-electron chi connectivity index (χ0n) is 18.5. The van der Waals surface area contributed by atoms with E-state index in [1.165, 1.54) is 6.08 Å². The molecule has 0 saturated carbocycles. The van der Waals surface area contributed by atoms with Crippen molar-refractivity contribution in [3.8, 4) is 17.5 Å². The van der Waals surface area contributed by atoms with Crippen LogP contribution in [0.25, 0.3) is 17.5 Å². The first-order chi connectivity index (χ1) is 15.9. The molecule has 1 N–H and O–H groups in total. The highest BCUT2D eigenvalue weighted by atomic mass is 16.5. The van der Waals surface area contributed by atoms with Crippen LogP contribution in [0, 0.1) is 25.2 Å². The Hall–Kier alpha value is -4.23. The van der Waals surface area contributed by atoms with Crippen molar-refractivity contribution in [2.45, 2.75) is 20.4 Å². The third-order valence-corrected chi connectivity index (χ3v) is 4.80. The van der Waals surface area contributed by atoms with Crippen LogP contribution in [0.2, 0.25) is 0 Å². The van der Waals surface area contributed by atoms with Crippen molar-refractivity contribution in [2.75, 3.05) is 25.6 Å². The molecule has 33 heavy (non-hydrogen) atoms. The summed E-state index contributed by atoms with van der Waals surface area (Å²) < 4.78 is 17.5. The van der Waals surface area contributed by atoms with Crippen molar-refractivity contribution in [3.05, 3.63) is 58.9 Å². The molecule has 0 atom stereocenters. The molecule has 0 fully saturated rings.